The van der Waals surface area contributed by atoms with Gasteiger partial charge in [0.05, 0.1) is 0 Å². The number of hydrogen-bond donors (Lipinski definition) is 1. The van der Waals surface area contributed by atoms with Gasteiger partial charge in [-0.3, -0.25) is 0 Å². The number of carbonyl (C=O) groups is 1. The van der Waals surface area contributed by atoms with Gasteiger partial charge in [0.1, 0.15) is 0 Å². The van der Waals surface area contributed by atoms with E-state index in [1.54, 1.807) is 11.0 Å². The minimum absolute atomic E-state index is 0.222. The Kier molecular flexibility index (Phi) is 4.03. The summed E-state index contributed by atoms with van der Waals surface area (Å²) in [5.74, 6) is 0.222. The molecule has 2 aromatic rings. The zero-order valence-electron chi connectivity index (χ0n) is 14.8. The Labute approximate surface area is 168 Å². The van der Waals surface area contributed by atoms with Gasteiger partial charge >= 0.3 is 6.09 Å². The predicted molar refractivity (Wildman–Crippen MR) is 108 cm³/mol. The highest BCUT2D eigenvalue weighted by molar-refractivity contribution is 6.35. The summed E-state index contributed by atoms with van der Waals surface area (Å²) < 4.78 is 0. The molecular weight excluding hydrogens is 383 g/mol. The highest BCUT2D eigenvalue weighted by Gasteiger charge is 2.44. The summed E-state index contributed by atoms with van der Waals surface area (Å²) in [6.07, 6.45) is 2.24. The summed E-state index contributed by atoms with van der Waals surface area (Å²) in [6.45, 7) is 2.24. The Balaban J connectivity index is 1.65. The molecule has 2 atom stereocenters. The van der Waals surface area contributed by atoms with Crippen molar-refractivity contribution in [2.24, 2.45) is 0 Å². The fourth-order valence-corrected chi connectivity index (χ4v) is 5.49. The van der Waals surface area contributed by atoms with Gasteiger partial charge in [-0.1, -0.05) is 23.2 Å². The number of hydrogen-bond acceptors (Lipinski definition) is 2. The lowest BCUT2D eigenvalue weighted by molar-refractivity contribution is 0.127. The van der Waals surface area contributed by atoms with Crippen molar-refractivity contribution >= 4 is 35.0 Å². The highest BCUT2D eigenvalue weighted by atomic mass is 35.5. The van der Waals surface area contributed by atoms with E-state index in [1.165, 1.54) is 16.8 Å². The summed E-state index contributed by atoms with van der Waals surface area (Å²) in [6, 6.07) is 10.4. The minimum Gasteiger partial charge on any atom is -0.465 e. The zero-order valence-corrected chi connectivity index (χ0v) is 16.3. The molecule has 5 rings (SSSR count). The molecule has 1 N–H and O–H groups in total. The van der Waals surface area contributed by atoms with Crippen molar-refractivity contribution in [2.75, 3.05) is 24.5 Å². The molecule has 0 aliphatic carbocycles. The number of nitrogens with zero attached hydrogens (tertiary/aromatic N) is 2. The molecule has 0 aromatic heterocycles. The van der Waals surface area contributed by atoms with Gasteiger partial charge in [-0.05, 0) is 66.3 Å². The van der Waals surface area contributed by atoms with E-state index in [1.807, 2.05) is 12.1 Å². The monoisotopic (exact) mass is 402 g/mol. The highest BCUT2D eigenvalue weighted by Crippen LogP contribution is 2.50. The topological polar surface area (TPSA) is 43.8 Å². The maximum absolute atomic E-state index is 11.5. The first-order valence-corrected chi connectivity index (χ1v) is 10.2. The van der Waals surface area contributed by atoms with Crippen LogP contribution in [0.2, 0.25) is 10.0 Å². The first-order chi connectivity index (χ1) is 13.0. The summed E-state index contributed by atoms with van der Waals surface area (Å²) in [4.78, 5) is 15.6. The van der Waals surface area contributed by atoms with Gasteiger partial charge in [-0.15, -0.1) is 0 Å². The van der Waals surface area contributed by atoms with Crippen molar-refractivity contribution in [3.8, 4) is 11.1 Å². The van der Waals surface area contributed by atoms with Gasteiger partial charge in [0.15, 0.2) is 0 Å². The van der Waals surface area contributed by atoms with Crippen molar-refractivity contribution < 1.29 is 9.90 Å². The van der Waals surface area contributed by atoms with E-state index in [4.69, 9.17) is 23.2 Å². The van der Waals surface area contributed by atoms with Crippen LogP contribution in [0.4, 0.5) is 10.5 Å². The standard InChI is InChI=1S/C21H20Cl2N2O2/c22-14-3-4-18(23)15(10-14)13-8-12-2-1-6-25-19-5-7-24(21(26)27)11-17(19)16(9-13)20(12)25/h3-4,8-10,17,19H,1-2,5-7,11H2,(H,26,27)/t17-,19-/m0/s1. The van der Waals surface area contributed by atoms with Crippen LogP contribution in [0, 0.1) is 0 Å². The Morgan fingerprint density at radius 1 is 1.15 bits per heavy atom. The third kappa shape index (κ3) is 2.69. The molecule has 0 radical (unpaired) electrons. The van der Waals surface area contributed by atoms with Gasteiger partial charge in [0, 0.05) is 52.9 Å². The van der Waals surface area contributed by atoms with Gasteiger partial charge < -0.3 is 14.9 Å². The Morgan fingerprint density at radius 2 is 2.00 bits per heavy atom. The van der Waals surface area contributed by atoms with E-state index >= 15 is 0 Å². The van der Waals surface area contributed by atoms with Crippen LogP contribution < -0.4 is 4.90 Å². The molecule has 2 aromatic carbocycles. The fraction of sp³-hybridized carbons (Fsp3) is 0.381. The first kappa shape index (κ1) is 17.2. The zero-order chi connectivity index (χ0) is 18.7. The fourth-order valence-electron chi connectivity index (χ4n) is 5.09. The van der Waals surface area contributed by atoms with Crippen LogP contribution in [0.25, 0.3) is 11.1 Å². The quantitative estimate of drug-likeness (QED) is 0.706. The van der Waals surface area contributed by atoms with Crippen molar-refractivity contribution in [2.45, 2.75) is 31.2 Å². The molecule has 6 heteroatoms. The Hall–Kier alpha value is -1.91. The number of piperidine rings is 1. The lowest BCUT2D eigenvalue weighted by atomic mass is 9.87. The molecule has 0 unspecified atom stereocenters. The van der Waals surface area contributed by atoms with Gasteiger partial charge in [0.25, 0.3) is 0 Å². The van der Waals surface area contributed by atoms with E-state index in [0.29, 0.717) is 29.2 Å². The van der Waals surface area contributed by atoms with Crippen LogP contribution in [0.5, 0.6) is 0 Å². The number of aryl methyl sites for hydroxylation is 1. The number of rotatable bonds is 1. The maximum Gasteiger partial charge on any atom is 0.407 e. The van der Waals surface area contributed by atoms with E-state index in [-0.39, 0.29) is 5.92 Å². The normalized spacial score (nSPS) is 23.2. The third-order valence-electron chi connectivity index (χ3n) is 6.24. The minimum atomic E-state index is -0.822. The Morgan fingerprint density at radius 3 is 2.81 bits per heavy atom. The predicted octanol–water partition coefficient (Wildman–Crippen LogP) is 5.26. The summed E-state index contributed by atoms with van der Waals surface area (Å²) >= 11 is 12.7. The van der Waals surface area contributed by atoms with Crippen molar-refractivity contribution in [3.63, 3.8) is 0 Å². The SMILES string of the molecule is O=C(O)N1CC[C@H]2[C@@H](C1)c1cc(-c3cc(Cl)ccc3Cl)cc3c1N2CCC3. The second-order valence-corrected chi connectivity index (χ2v) is 8.53. The van der Waals surface area contributed by atoms with Gasteiger partial charge in [0.2, 0.25) is 0 Å². The van der Waals surface area contributed by atoms with Crippen LogP contribution in [-0.4, -0.2) is 41.8 Å². The van der Waals surface area contributed by atoms with E-state index in [0.717, 1.165) is 36.9 Å². The number of halogens is 2. The lowest BCUT2D eigenvalue weighted by Gasteiger charge is -2.39. The number of carboxylic acid groups (broad SMARTS) is 1. The van der Waals surface area contributed by atoms with Crippen LogP contribution in [0.1, 0.15) is 29.9 Å². The molecule has 3 heterocycles. The third-order valence-corrected chi connectivity index (χ3v) is 6.80. The molecule has 0 spiro atoms. The average Bonchev–Trinajstić information content (AvgIpc) is 2.99. The van der Waals surface area contributed by atoms with Crippen LogP contribution in [0.15, 0.2) is 30.3 Å². The molecule has 0 bridgehead atoms. The van der Waals surface area contributed by atoms with Crippen molar-refractivity contribution in [1.82, 2.24) is 4.90 Å². The van der Waals surface area contributed by atoms with Crippen molar-refractivity contribution in [1.29, 1.82) is 0 Å². The molecular formula is C21H20Cl2N2O2. The summed E-state index contributed by atoms with van der Waals surface area (Å²) in [5, 5.41) is 10.8. The number of likely N-dealkylation sites (tertiary alicyclic amines) is 1. The molecule has 1 saturated heterocycles. The molecule has 1 fully saturated rings. The van der Waals surface area contributed by atoms with E-state index in [2.05, 4.69) is 17.0 Å². The van der Waals surface area contributed by atoms with Crippen LogP contribution in [-0.2, 0) is 6.42 Å². The molecule has 1 amide bonds. The second-order valence-electron chi connectivity index (χ2n) is 7.69. The van der Waals surface area contributed by atoms with E-state index in [9.17, 15) is 9.90 Å². The molecule has 3 aliphatic heterocycles. The summed E-state index contributed by atoms with van der Waals surface area (Å²) in [7, 11) is 0. The molecule has 27 heavy (non-hydrogen) atoms. The largest absolute Gasteiger partial charge is 0.465 e. The van der Waals surface area contributed by atoms with E-state index < -0.39 is 6.09 Å². The number of amides is 1. The van der Waals surface area contributed by atoms with Crippen molar-refractivity contribution in [3.05, 3.63) is 51.5 Å². The number of benzene rings is 2. The first-order valence-electron chi connectivity index (χ1n) is 9.39. The number of fused-ring (bicyclic) bond motifs is 3. The molecule has 3 aliphatic rings. The molecule has 4 nitrogen and oxygen atoms in total. The summed E-state index contributed by atoms with van der Waals surface area (Å²) in [5.41, 5.74) is 5.97. The van der Waals surface area contributed by atoms with Gasteiger partial charge in [-0.25, -0.2) is 4.79 Å². The number of anilines is 1. The Bertz CT molecular complexity index is 946. The van der Waals surface area contributed by atoms with Crippen LogP contribution >= 0.6 is 23.2 Å². The molecule has 0 saturated carbocycles. The molecule has 140 valence electrons. The van der Waals surface area contributed by atoms with Gasteiger partial charge in [-0.2, -0.15) is 0 Å². The maximum atomic E-state index is 11.5. The average molecular weight is 403 g/mol. The van der Waals surface area contributed by atoms with Crippen LogP contribution in [0.3, 0.4) is 0 Å². The lowest BCUT2D eigenvalue weighted by Crippen LogP contribution is -2.48. The smallest absolute Gasteiger partial charge is 0.407 e. The second kappa shape index (κ2) is 6.32.